The molecule has 0 saturated heterocycles. The Bertz CT molecular complexity index is 594. The van der Waals surface area contributed by atoms with E-state index in [1.54, 1.807) is 17.1 Å². The Labute approximate surface area is 131 Å². The molecule has 1 heterocycles. The molecule has 2 rings (SSSR count). The molecule has 1 aromatic heterocycles. The van der Waals surface area contributed by atoms with Crippen LogP contribution in [0.25, 0.3) is 0 Å². The van der Waals surface area contributed by atoms with E-state index in [1.165, 1.54) is 0 Å². The molecule has 1 amide bonds. The third kappa shape index (κ3) is 3.74. The Morgan fingerprint density at radius 3 is 2.55 bits per heavy atom. The molecule has 0 unspecified atom stereocenters. The zero-order valence-electron chi connectivity index (χ0n) is 13.2. The number of nitrogens with two attached hydrogens (primary N) is 1. The number of carbonyl (C=O) groups is 1. The largest absolute Gasteiger partial charge is 0.345 e. The first-order chi connectivity index (χ1) is 10.6. The molecule has 2 aromatic rings. The van der Waals surface area contributed by atoms with Crippen molar-refractivity contribution in [3.05, 3.63) is 53.9 Å². The summed E-state index contributed by atoms with van der Waals surface area (Å²) in [6.07, 6.45) is 4.99. The molecule has 0 aliphatic rings. The fraction of sp³-hybridized carbons (Fsp3) is 0.412. The minimum absolute atomic E-state index is 0.117. The SMILES string of the molecule is CCC(CC)(CN)NC(=O)c1cnn(Cc2ccccc2)c1. The molecule has 0 aliphatic heterocycles. The van der Waals surface area contributed by atoms with Gasteiger partial charge in [0, 0.05) is 12.7 Å². The minimum Gasteiger partial charge on any atom is -0.345 e. The van der Waals surface area contributed by atoms with E-state index in [0.717, 1.165) is 18.4 Å². The summed E-state index contributed by atoms with van der Waals surface area (Å²) in [5.74, 6) is -0.117. The zero-order chi connectivity index (χ0) is 16.0. The van der Waals surface area contributed by atoms with Gasteiger partial charge in [-0.1, -0.05) is 44.2 Å². The lowest BCUT2D eigenvalue weighted by Gasteiger charge is -2.31. The monoisotopic (exact) mass is 300 g/mol. The number of carbonyl (C=O) groups excluding carboxylic acids is 1. The van der Waals surface area contributed by atoms with Crippen molar-refractivity contribution in [3.63, 3.8) is 0 Å². The normalized spacial score (nSPS) is 11.4. The molecule has 0 saturated carbocycles. The molecule has 1 aromatic carbocycles. The van der Waals surface area contributed by atoms with Crippen LogP contribution in [-0.2, 0) is 6.54 Å². The second kappa shape index (κ2) is 7.22. The maximum Gasteiger partial charge on any atom is 0.254 e. The standard InChI is InChI=1S/C17H24N4O/c1-3-17(4-2,13-18)20-16(22)15-10-19-21(12-15)11-14-8-6-5-7-9-14/h5-10,12H,3-4,11,13,18H2,1-2H3,(H,20,22). The van der Waals surface area contributed by atoms with Crippen LogP contribution in [0.1, 0.15) is 42.6 Å². The van der Waals surface area contributed by atoms with Gasteiger partial charge < -0.3 is 11.1 Å². The average molecular weight is 300 g/mol. The van der Waals surface area contributed by atoms with Crippen molar-refractivity contribution in [1.29, 1.82) is 0 Å². The number of amides is 1. The van der Waals surface area contributed by atoms with Crippen molar-refractivity contribution in [1.82, 2.24) is 15.1 Å². The molecule has 3 N–H and O–H groups in total. The number of aromatic nitrogens is 2. The van der Waals surface area contributed by atoms with Crippen LogP contribution in [0, 0.1) is 0 Å². The molecule has 0 spiro atoms. The summed E-state index contributed by atoms with van der Waals surface area (Å²) in [5, 5.41) is 7.32. The van der Waals surface area contributed by atoms with Gasteiger partial charge in [0.25, 0.3) is 5.91 Å². The van der Waals surface area contributed by atoms with Gasteiger partial charge in [0.05, 0.1) is 23.8 Å². The van der Waals surface area contributed by atoms with Gasteiger partial charge >= 0.3 is 0 Å². The molecule has 0 fully saturated rings. The predicted molar refractivity (Wildman–Crippen MR) is 87.6 cm³/mol. The van der Waals surface area contributed by atoms with E-state index < -0.39 is 0 Å². The topological polar surface area (TPSA) is 72.9 Å². The lowest BCUT2D eigenvalue weighted by atomic mass is 9.92. The molecule has 5 heteroatoms. The Kier molecular flexibility index (Phi) is 5.33. The highest BCUT2D eigenvalue weighted by Gasteiger charge is 2.27. The van der Waals surface area contributed by atoms with E-state index in [-0.39, 0.29) is 11.4 Å². The summed E-state index contributed by atoms with van der Waals surface area (Å²) in [6.45, 7) is 5.16. The number of rotatable bonds is 7. The van der Waals surface area contributed by atoms with Gasteiger partial charge in [-0.3, -0.25) is 9.48 Å². The summed E-state index contributed by atoms with van der Waals surface area (Å²) in [6, 6.07) is 10.0. The van der Waals surface area contributed by atoms with Crippen LogP contribution in [0.3, 0.4) is 0 Å². The average Bonchev–Trinajstić information content (AvgIpc) is 3.02. The third-order valence-corrected chi connectivity index (χ3v) is 4.21. The lowest BCUT2D eigenvalue weighted by molar-refractivity contribution is 0.0895. The number of hydrogen-bond acceptors (Lipinski definition) is 3. The van der Waals surface area contributed by atoms with Gasteiger partial charge in [-0.25, -0.2) is 0 Å². The first-order valence-corrected chi connectivity index (χ1v) is 7.71. The van der Waals surface area contributed by atoms with Gasteiger partial charge in [0.2, 0.25) is 0 Å². The first kappa shape index (κ1) is 16.2. The van der Waals surface area contributed by atoms with Crippen LogP contribution in [0.4, 0.5) is 0 Å². The van der Waals surface area contributed by atoms with E-state index in [1.807, 2.05) is 44.2 Å². The summed E-state index contributed by atoms with van der Waals surface area (Å²) < 4.78 is 1.77. The summed E-state index contributed by atoms with van der Waals surface area (Å²) in [7, 11) is 0. The highest BCUT2D eigenvalue weighted by molar-refractivity contribution is 5.94. The second-order valence-corrected chi connectivity index (χ2v) is 5.56. The molecule has 22 heavy (non-hydrogen) atoms. The third-order valence-electron chi connectivity index (χ3n) is 4.21. The van der Waals surface area contributed by atoms with E-state index in [4.69, 9.17) is 5.73 Å². The van der Waals surface area contributed by atoms with Gasteiger partial charge in [0.1, 0.15) is 0 Å². The lowest BCUT2D eigenvalue weighted by Crippen LogP contribution is -2.52. The molecular formula is C17H24N4O. The molecule has 0 atom stereocenters. The van der Waals surface area contributed by atoms with Gasteiger partial charge in [-0.15, -0.1) is 0 Å². The zero-order valence-corrected chi connectivity index (χ0v) is 13.2. The fourth-order valence-corrected chi connectivity index (χ4v) is 2.42. The van der Waals surface area contributed by atoms with Crippen LogP contribution >= 0.6 is 0 Å². The maximum atomic E-state index is 12.4. The molecular weight excluding hydrogens is 276 g/mol. The van der Waals surface area contributed by atoms with E-state index in [0.29, 0.717) is 18.7 Å². The quantitative estimate of drug-likeness (QED) is 0.823. The van der Waals surface area contributed by atoms with Crippen LogP contribution < -0.4 is 11.1 Å². The van der Waals surface area contributed by atoms with E-state index >= 15 is 0 Å². The van der Waals surface area contributed by atoms with Crippen LogP contribution in [0.5, 0.6) is 0 Å². The summed E-state index contributed by atoms with van der Waals surface area (Å²) in [4.78, 5) is 12.4. The smallest absolute Gasteiger partial charge is 0.254 e. The van der Waals surface area contributed by atoms with Gasteiger partial charge in [-0.05, 0) is 18.4 Å². The minimum atomic E-state index is -0.335. The van der Waals surface area contributed by atoms with Crippen LogP contribution in [0.2, 0.25) is 0 Å². The number of hydrogen-bond donors (Lipinski definition) is 2. The van der Waals surface area contributed by atoms with Gasteiger partial charge in [-0.2, -0.15) is 5.10 Å². The van der Waals surface area contributed by atoms with Crippen molar-refractivity contribution in [2.75, 3.05) is 6.54 Å². The van der Waals surface area contributed by atoms with Crippen LogP contribution in [-0.4, -0.2) is 27.8 Å². The Morgan fingerprint density at radius 1 is 1.27 bits per heavy atom. The molecule has 0 aliphatic carbocycles. The Balaban J connectivity index is 2.06. The van der Waals surface area contributed by atoms with Crippen molar-refractivity contribution in [3.8, 4) is 0 Å². The Morgan fingerprint density at radius 2 is 1.95 bits per heavy atom. The summed E-state index contributed by atoms with van der Waals surface area (Å²) >= 11 is 0. The highest BCUT2D eigenvalue weighted by atomic mass is 16.1. The van der Waals surface area contributed by atoms with Crippen molar-refractivity contribution >= 4 is 5.91 Å². The molecule has 0 radical (unpaired) electrons. The van der Waals surface area contributed by atoms with Crippen molar-refractivity contribution < 1.29 is 4.79 Å². The number of benzene rings is 1. The maximum absolute atomic E-state index is 12.4. The number of nitrogens with one attached hydrogen (secondary N) is 1. The second-order valence-electron chi connectivity index (χ2n) is 5.56. The van der Waals surface area contributed by atoms with E-state index in [9.17, 15) is 4.79 Å². The van der Waals surface area contributed by atoms with Crippen LogP contribution in [0.15, 0.2) is 42.7 Å². The van der Waals surface area contributed by atoms with Gasteiger partial charge in [0.15, 0.2) is 0 Å². The first-order valence-electron chi connectivity index (χ1n) is 7.71. The Hall–Kier alpha value is -2.14. The van der Waals surface area contributed by atoms with Crippen molar-refractivity contribution in [2.24, 2.45) is 5.73 Å². The van der Waals surface area contributed by atoms with E-state index in [2.05, 4.69) is 10.4 Å². The molecule has 118 valence electrons. The highest BCUT2D eigenvalue weighted by Crippen LogP contribution is 2.14. The summed E-state index contributed by atoms with van der Waals surface area (Å²) in [5.41, 5.74) is 7.21. The molecule has 0 bridgehead atoms. The predicted octanol–water partition coefficient (Wildman–Crippen LogP) is 2.18. The van der Waals surface area contributed by atoms with Crippen molar-refractivity contribution in [2.45, 2.75) is 38.8 Å². The molecule has 5 nitrogen and oxygen atoms in total. The number of nitrogens with zero attached hydrogens (tertiary/aromatic N) is 2. The fourth-order valence-electron chi connectivity index (χ4n) is 2.42.